The molecule has 2 saturated heterocycles. The summed E-state index contributed by atoms with van der Waals surface area (Å²) in [4.78, 5) is 28.2. The quantitative estimate of drug-likeness (QED) is 0.844. The summed E-state index contributed by atoms with van der Waals surface area (Å²) >= 11 is 0. The van der Waals surface area contributed by atoms with E-state index in [2.05, 4.69) is 15.4 Å². The van der Waals surface area contributed by atoms with Crippen molar-refractivity contribution in [3.8, 4) is 0 Å². The van der Waals surface area contributed by atoms with Gasteiger partial charge in [-0.25, -0.2) is 20.3 Å². The zero-order valence-corrected chi connectivity index (χ0v) is 12.6. The van der Waals surface area contributed by atoms with Crippen LogP contribution in [0.1, 0.15) is 32.1 Å². The van der Waals surface area contributed by atoms with Crippen LogP contribution in [0.2, 0.25) is 0 Å². The Labute approximate surface area is 130 Å². The van der Waals surface area contributed by atoms with Crippen molar-refractivity contribution in [3.05, 3.63) is 18.5 Å². The number of rotatable bonds is 4. The first kappa shape index (κ1) is 15.2. The minimum absolute atomic E-state index is 0.0881. The molecule has 0 aromatic carbocycles. The van der Waals surface area contributed by atoms with E-state index < -0.39 is 0 Å². The zero-order valence-electron chi connectivity index (χ0n) is 12.6. The van der Waals surface area contributed by atoms with Crippen molar-refractivity contribution in [2.24, 2.45) is 5.92 Å². The molecule has 22 heavy (non-hydrogen) atoms. The predicted molar refractivity (Wildman–Crippen MR) is 79.8 cm³/mol. The Balaban J connectivity index is 1.49. The van der Waals surface area contributed by atoms with Crippen molar-refractivity contribution in [3.63, 3.8) is 0 Å². The van der Waals surface area contributed by atoms with Crippen molar-refractivity contribution in [1.29, 1.82) is 0 Å². The Bertz CT molecular complexity index is 479. The first-order valence-electron chi connectivity index (χ1n) is 7.92. The lowest BCUT2D eigenvalue weighted by Gasteiger charge is -2.32. The molecule has 3 rings (SSSR count). The summed E-state index contributed by atoms with van der Waals surface area (Å²) in [6, 6.07) is 1.79. The van der Waals surface area contributed by atoms with Crippen LogP contribution in [-0.2, 0) is 14.4 Å². The van der Waals surface area contributed by atoms with Gasteiger partial charge in [0.15, 0.2) is 6.29 Å². The first-order valence-corrected chi connectivity index (χ1v) is 7.92. The number of anilines is 1. The molecule has 0 aliphatic carbocycles. The lowest BCUT2D eigenvalue weighted by Crippen LogP contribution is -2.45. The number of nitrogens with one attached hydrogen (secondary N) is 1. The molecule has 0 saturated carbocycles. The molecule has 1 N–H and O–H groups in total. The number of carbonyl (C=O) groups excluding carboxylic acids is 1. The topological polar surface area (TPSA) is 76.6 Å². The maximum Gasteiger partial charge on any atom is 0.248 e. The molecule has 0 bridgehead atoms. The van der Waals surface area contributed by atoms with E-state index in [0.717, 1.165) is 38.6 Å². The van der Waals surface area contributed by atoms with Crippen molar-refractivity contribution < 1.29 is 14.4 Å². The number of aromatic nitrogens is 2. The number of hydroxylamine groups is 1. The summed E-state index contributed by atoms with van der Waals surface area (Å²) in [5.41, 5.74) is 2.56. The molecule has 0 unspecified atom stereocenters. The van der Waals surface area contributed by atoms with Gasteiger partial charge in [0.25, 0.3) is 0 Å². The third-order valence-corrected chi connectivity index (χ3v) is 4.06. The zero-order chi connectivity index (χ0) is 15.2. The van der Waals surface area contributed by atoms with Gasteiger partial charge in [-0.05, 0) is 31.7 Å². The summed E-state index contributed by atoms with van der Waals surface area (Å²) in [5, 5.41) is 0. The molecule has 7 nitrogen and oxygen atoms in total. The van der Waals surface area contributed by atoms with E-state index in [-0.39, 0.29) is 18.1 Å². The number of carbonyl (C=O) groups is 1. The van der Waals surface area contributed by atoms with E-state index in [1.54, 1.807) is 18.5 Å². The third-order valence-electron chi connectivity index (χ3n) is 4.06. The van der Waals surface area contributed by atoms with Crippen LogP contribution < -0.4 is 10.4 Å². The van der Waals surface area contributed by atoms with E-state index in [1.165, 1.54) is 0 Å². The highest BCUT2D eigenvalue weighted by Gasteiger charge is 2.28. The molecule has 2 fully saturated rings. The van der Waals surface area contributed by atoms with Crippen molar-refractivity contribution in [2.75, 3.05) is 24.6 Å². The molecule has 0 spiro atoms. The molecule has 1 aromatic heterocycles. The highest BCUT2D eigenvalue weighted by Crippen LogP contribution is 2.20. The van der Waals surface area contributed by atoms with Crippen LogP contribution >= 0.6 is 0 Å². The van der Waals surface area contributed by atoms with Gasteiger partial charge in [-0.1, -0.05) is 0 Å². The van der Waals surface area contributed by atoms with E-state index in [0.29, 0.717) is 19.1 Å². The lowest BCUT2D eigenvalue weighted by atomic mass is 9.98. The highest BCUT2D eigenvalue weighted by molar-refractivity contribution is 5.78. The van der Waals surface area contributed by atoms with E-state index >= 15 is 0 Å². The van der Waals surface area contributed by atoms with Gasteiger partial charge < -0.3 is 9.64 Å². The molecule has 1 aromatic rings. The van der Waals surface area contributed by atoms with E-state index in [1.807, 2.05) is 4.90 Å². The van der Waals surface area contributed by atoms with Gasteiger partial charge in [-0.15, -0.1) is 0 Å². The first-order chi connectivity index (χ1) is 10.8. The van der Waals surface area contributed by atoms with Gasteiger partial charge in [-0.3, -0.25) is 4.79 Å². The van der Waals surface area contributed by atoms with E-state index in [4.69, 9.17) is 9.57 Å². The normalized spacial score (nSPS) is 25.7. The Morgan fingerprint density at radius 1 is 1.27 bits per heavy atom. The van der Waals surface area contributed by atoms with Gasteiger partial charge in [0.1, 0.15) is 0 Å². The van der Waals surface area contributed by atoms with Crippen LogP contribution in [0.25, 0.3) is 0 Å². The van der Waals surface area contributed by atoms with Crippen molar-refractivity contribution in [1.82, 2.24) is 15.4 Å². The van der Waals surface area contributed by atoms with Crippen LogP contribution in [0.4, 0.5) is 5.95 Å². The Hall–Kier alpha value is -1.73. The van der Waals surface area contributed by atoms with Crippen LogP contribution in [0.3, 0.4) is 0 Å². The fraction of sp³-hybridized carbons (Fsp3) is 0.667. The number of hydrogen-bond donors (Lipinski definition) is 1. The second-order valence-corrected chi connectivity index (χ2v) is 5.71. The van der Waals surface area contributed by atoms with Crippen molar-refractivity contribution in [2.45, 2.75) is 38.4 Å². The molecular weight excluding hydrogens is 284 g/mol. The Morgan fingerprint density at radius 2 is 2.14 bits per heavy atom. The van der Waals surface area contributed by atoms with Crippen LogP contribution in [0, 0.1) is 5.92 Å². The number of amides is 1. The Morgan fingerprint density at radius 3 is 2.91 bits per heavy atom. The van der Waals surface area contributed by atoms with Crippen molar-refractivity contribution >= 4 is 11.9 Å². The van der Waals surface area contributed by atoms with E-state index in [9.17, 15) is 4.79 Å². The van der Waals surface area contributed by atoms with Crippen LogP contribution in [0.15, 0.2) is 18.5 Å². The second-order valence-electron chi connectivity index (χ2n) is 5.71. The van der Waals surface area contributed by atoms with Gasteiger partial charge in [0.2, 0.25) is 11.9 Å². The minimum atomic E-state index is -0.310. The molecule has 2 aliphatic rings. The molecule has 120 valence electrons. The molecule has 0 radical (unpaired) electrons. The standard InChI is InChI=1S/C15H22N4O3/c20-14(18-22-13-6-1-2-10-21-13)12-5-3-9-19(11-12)15-16-7-4-8-17-15/h4,7-8,12-13H,1-3,5-6,9-11H2,(H,18,20)/t12-,13+/m1/s1. The molecule has 7 heteroatoms. The summed E-state index contributed by atoms with van der Waals surface area (Å²) in [6.45, 7) is 2.19. The van der Waals surface area contributed by atoms with Crippen LogP contribution in [-0.4, -0.2) is 41.9 Å². The summed E-state index contributed by atoms with van der Waals surface area (Å²) in [6.07, 6.45) is 7.88. The number of nitrogens with zero attached hydrogens (tertiary/aromatic N) is 3. The molecule has 3 heterocycles. The van der Waals surface area contributed by atoms with Gasteiger partial charge in [0.05, 0.1) is 5.92 Å². The predicted octanol–water partition coefficient (Wildman–Crippen LogP) is 1.27. The molecule has 2 aliphatic heterocycles. The number of hydrogen-bond acceptors (Lipinski definition) is 6. The summed E-state index contributed by atoms with van der Waals surface area (Å²) < 4.78 is 5.44. The largest absolute Gasteiger partial charge is 0.350 e. The maximum absolute atomic E-state index is 12.3. The van der Waals surface area contributed by atoms with Gasteiger partial charge in [-0.2, -0.15) is 0 Å². The average Bonchev–Trinajstić information content (AvgIpc) is 2.61. The third kappa shape index (κ3) is 3.92. The smallest absolute Gasteiger partial charge is 0.248 e. The molecular formula is C15H22N4O3. The van der Waals surface area contributed by atoms with Gasteiger partial charge in [0, 0.05) is 38.5 Å². The summed E-state index contributed by atoms with van der Waals surface area (Å²) in [5.74, 6) is 0.479. The van der Waals surface area contributed by atoms with Gasteiger partial charge >= 0.3 is 0 Å². The fourth-order valence-corrected chi connectivity index (χ4v) is 2.84. The highest BCUT2D eigenvalue weighted by atomic mass is 16.8. The second kappa shape index (κ2) is 7.51. The van der Waals surface area contributed by atoms with Crippen LogP contribution in [0.5, 0.6) is 0 Å². The number of ether oxygens (including phenoxy) is 1. The minimum Gasteiger partial charge on any atom is -0.350 e. The number of piperidine rings is 1. The average molecular weight is 306 g/mol. The molecule has 2 atom stereocenters. The maximum atomic E-state index is 12.3. The monoisotopic (exact) mass is 306 g/mol. The molecule has 1 amide bonds. The fourth-order valence-electron chi connectivity index (χ4n) is 2.84. The lowest BCUT2D eigenvalue weighted by molar-refractivity contribution is -0.202. The Kier molecular flexibility index (Phi) is 5.18. The SMILES string of the molecule is O=C(NO[C@H]1CCCCO1)[C@@H]1CCCN(c2ncccn2)C1. The summed E-state index contributed by atoms with van der Waals surface area (Å²) in [7, 11) is 0.